The Morgan fingerprint density at radius 1 is 1.77 bits per heavy atom. The second kappa shape index (κ2) is 5.99. The molecular formula is C9H14N2O2. The lowest BCUT2D eigenvalue weighted by Crippen LogP contribution is -1.92. The molecule has 4 heteroatoms. The van der Waals surface area contributed by atoms with Crippen molar-refractivity contribution >= 4 is 5.97 Å². The third-order valence-electron chi connectivity index (χ3n) is 1.25. The van der Waals surface area contributed by atoms with E-state index in [1.807, 2.05) is 6.20 Å². The van der Waals surface area contributed by atoms with Gasteiger partial charge in [0.25, 0.3) is 0 Å². The topological polar surface area (TPSA) is 66.0 Å². The number of nitrogens with one attached hydrogen (secondary N) is 1. The van der Waals surface area contributed by atoms with E-state index in [1.165, 1.54) is 6.92 Å². The fraction of sp³-hybridized carbons (Fsp3) is 0.333. The zero-order chi connectivity index (χ0) is 10.3. The Labute approximate surface area is 77.3 Å². The molecule has 0 aliphatic rings. The van der Waals surface area contributed by atoms with Crippen LogP contribution in [0.25, 0.3) is 0 Å². The molecule has 0 amide bonds. The number of carboxylic acid groups (broad SMARTS) is 1. The number of H-pyrrole nitrogens is 1. The van der Waals surface area contributed by atoms with Crippen molar-refractivity contribution in [3.05, 3.63) is 30.4 Å². The van der Waals surface area contributed by atoms with Crippen LogP contribution in [0.1, 0.15) is 19.7 Å². The van der Waals surface area contributed by atoms with E-state index in [2.05, 4.69) is 23.5 Å². The van der Waals surface area contributed by atoms with Gasteiger partial charge in [-0.05, 0) is 6.92 Å². The molecule has 1 aromatic heterocycles. The van der Waals surface area contributed by atoms with Crippen LogP contribution < -0.4 is 0 Å². The van der Waals surface area contributed by atoms with Crippen LogP contribution in [0.5, 0.6) is 0 Å². The van der Waals surface area contributed by atoms with Crippen molar-refractivity contribution in [3.8, 4) is 0 Å². The van der Waals surface area contributed by atoms with E-state index in [0.717, 1.165) is 12.2 Å². The second-order valence-electron chi connectivity index (χ2n) is 2.47. The average molecular weight is 182 g/mol. The van der Waals surface area contributed by atoms with Crippen molar-refractivity contribution in [1.82, 2.24) is 9.97 Å². The van der Waals surface area contributed by atoms with E-state index in [0.29, 0.717) is 0 Å². The smallest absolute Gasteiger partial charge is 0.330 e. The number of hydrogen-bond donors (Lipinski definition) is 2. The molecule has 1 rings (SSSR count). The Morgan fingerprint density at radius 2 is 2.31 bits per heavy atom. The molecule has 0 aliphatic carbocycles. The number of carbonyl (C=O) groups is 1. The van der Waals surface area contributed by atoms with Gasteiger partial charge in [-0.3, -0.25) is 0 Å². The molecule has 1 heterocycles. The monoisotopic (exact) mass is 182 g/mol. The molecule has 0 fully saturated rings. The van der Waals surface area contributed by atoms with Gasteiger partial charge in [0.1, 0.15) is 5.82 Å². The SMILES string of the molecule is C=C(C)C(=O)O.CCc1ncc[nH]1. The number of hydrogen-bond acceptors (Lipinski definition) is 2. The molecule has 0 saturated heterocycles. The summed E-state index contributed by atoms with van der Waals surface area (Å²) in [4.78, 5) is 16.6. The quantitative estimate of drug-likeness (QED) is 0.683. The van der Waals surface area contributed by atoms with Crippen molar-refractivity contribution in [2.45, 2.75) is 20.3 Å². The van der Waals surface area contributed by atoms with Crippen molar-refractivity contribution in [2.75, 3.05) is 0 Å². The number of aromatic nitrogens is 2. The van der Waals surface area contributed by atoms with Crippen LogP contribution in [-0.4, -0.2) is 21.0 Å². The van der Waals surface area contributed by atoms with Gasteiger partial charge >= 0.3 is 5.97 Å². The number of aliphatic carboxylic acids is 1. The molecule has 13 heavy (non-hydrogen) atoms. The van der Waals surface area contributed by atoms with E-state index in [9.17, 15) is 4.79 Å². The van der Waals surface area contributed by atoms with E-state index in [1.54, 1.807) is 6.20 Å². The number of nitrogens with zero attached hydrogens (tertiary/aromatic N) is 1. The number of carboxylic acids is 1. The Balaban J connectivity index is 0.000000226. The van der Waals surface area contributed by atoms with E-state index in [4.69, 9.17) is 5.11 Å². The van der Waals surface area contributed by atoms with Crippen molar-refractivity contribution in [2.24, 2.45) is 0 Å². The minimum atomic E-state index is -0.935. The zero-order valence-electron chi connectivity index (χ0n) is 7.87. The fourth-order valence-electron chi connectivity index (χ4n) is 0.491. The summed E-state index contributed by atoms with van der Waals surface area (Å²) in [7, 11) is 0. The highest BCUT2D eigenvalue weighted by Crippen LogP contribution is 1.85. The number of imidazole rings is 1. The summed E-state index contributed by atoms with van der Waals surface area (Å²) in [5.41, 5.74) is 0.176. The van der Waals surface area contributed by atoms with Crippen molar-refractivity contribution in [3.63, 3.8) is 0 Å². The lowest BCUT2D eigenvalue weighted by Gasteiger charge is -1.79. The number of aryl methyl sites for hydroxylation is 1. The first-order valence-electron chi connectivity index (χ1n) is 3.95. The number of aromatic amines is 1. The van der Waals surface area contributed by atoms with Gasteiger partial charge in [-0.2, -0.15) is 0 Å². The molecule has 0 saturated carbocycles. The van der Waals surface area contributed by atoms with Gasteiger partial charge in [-0.15, -0.1) is 0 Å². The predicted molar refractivity (Wildman–Crippen MR) is 50.4 cm³/mol. The summed E-state index contributed by atoms with van der Waals surface area (Å²) in [6.07, 6.45) is 4.59. The third-order valence-corrected chi connectivity index (χ3v) is 1.25. The zero-order valence-corrected chi connectivity index (χ0v) is 7.87. The molecule has 0 aromatic carbocycles. The van der Waals surface area contributed by atoms with Crippen LogP contribution in [0.15, 0.2) is 24.5 Å². The van der Waals surface area contributed by atoms with Gasteiger partial charge in [0.05, 0.1) is 0 Å². The van der Waals surface area contributed by atoms with Gasteiger partial charge in [-0.1, -0.05) is 13.5 Å². The minimum Gasteiger partial charge on any atom is -0.478 e. The summed E-state index contributed by atoms with van der Waals surface area (Å²) in [6.45, 7) is 6.67. The van der Waals surface area contributed by atoms with Crippen LogP contribution in [0.2, 0.25) is 0 Å². The molecule has 0 spiro atoms. The maximum Gasteiger partial charge on any atom is 0.330 e. The molecule has 1 aromatic rings. The molecule has 2 N–H and O–H groups in total. The lowest BCUT2D eigenvalue weighted by atomic mass is 10.4. The predicted octanol–water partition coefficient (Wildman–Crippen LogP) is 1.62. The van der Waals surface area contributed by atoms with Gasteiger partial charge in [0.15, 0.2) is 0 Å². The maximum atomic E-state index is 9.60. The van der Waals surface area contributed by atoms with Crippen LogP contribution in [0.4, 0.5) is 0 Å². The molecular weight excluding hydrogens is 168 g/mol. The Hall–Kier alpha value is -1.58. The number of rotatable bonds is 2. The highest BCUT2D eigenvalue weighted by molar-refractivity contribution is 5.84. The largest absolute Gasteiger partial charge is 0.478 e. The standard InChI is InChI=1S/C5H8N2.C4H6O2/c1-2-5-6-3-4-7-5;1-3(2)4(5)6/h3-4H,2H2,1H3,(H,6,7);1H2,2H3,(H,5,6). The minimum absolute atomic E-state index is 0.176. The Morgan fingerprint density at radius 3 is 2.46 bits per heavy atom. The first kappa shape index (κ1) is 11.4. The molecule has 72 valence electrons. The van der Waals surface area contributed by atoms with Crippen LogP contribution >= 0.6 is 0 Å². The highest BCUT2D eigenvalue weighted by Gasteiger charge is 1.90. The first-order chi connectivity index (χ1) is 6.07. The molecule has 0 radical (unpaired) electrons. The summed E-state index contributed by atoms with van der Waals surface area (Å²) >= 11 is 0. The van der Waals surface area contributed by atoms with E-state index >= 15 is 0 Å². The molecule has 0 aliphatic heterocycles. The van der Waals surface area contributed by atoms with Crippen molar-refractivity contribution in [1.29, 1.82) is 0 Å². The highest BCUT2D eigenvalue weighted by atomic mass is 16.4. The molecule has 0 atom stereocenters. The van der Waals surface area contributed by atoms with Crippen LogP contribution in [0, 0.1) is 0 Å². The van der Waals surface area contributed by atoms with Gasteiger partial charge < -0.3 is 10.1 Å². The van der Waals surface area contributed by atoms with E-state index < -0.39 is 5.97 Å². The summed E-state index contributed by atoms with van der Waals surface area (Å²) in [5, 5.41) is 7.89. The first-order valence-corrected chi connectivity index (χ1v) is 3.95. The Bertz CT molecular complexity index is 253. The summed E-state index contributed by atoms with van der Waals surface area (Å²) in [5.74, 6) is 0.120. The van der Waals surface area contributed by atoms with Gasteiger partial charge in [0.2, 0.25) is 0 Å². The fourth-order valence-corrected chi connectivity index (χ4v) is 0.491. The Kier molecular flexibility index (Phi) is 5.27. The van der Waals surface area contributed by atoms with E-state index in [-0.39, 0.29) is 5.57 Å². The summed E-state index contributed by atoms with van der Waals surface area (Å²) in [6, 6.07) is 0. The van der Waals surface area contributed by atoms with Gasteiger partial charge in [-0.25, -0.2) is 9.78 Å². The molecule has 0 unspecified atom stereocenters. The molecule has 0 bridgehead atoms. The average Bonchev–Trinajstić information content (AvgIpc) is 2.56. The molecule has 4 nitrogen and oxygen atoms in total. The third kappa shape index (κ3) is 5.66. The second-order valence-corrected chi connectivity index (χ2v) is 2.47. The van der Waals surface area contributed by atoms with Crippen LogP contribution in [-0.2, 0) is 11.2 Å². The van der Waals surface area contributed by atoms with Gasteiger partial charge in [0, 0.05) is 24.4 Å². The summed E-state index contributed by atoms with van der Waals surface area (Å²) < 4.78 is 0. The van der Waals surface area contributed by atoms with Crippen LogP contribution in [0.3, 0.4) is 0 Å². The maximum absolute atomic E-state index is 9.60. The normalized spacial score (nSPS) is 8.46. The lowest BCUT2D eigenvalue weighted by molar-refractivity contribution is -0.132. The van der Waals surface area contributed by atoms with Crippen molar-refractivity contribution < 1.29 is 9.90 Å².